The van der Waals surface area contributed by atoms with Gasteiger partial charge in [0.05, 0.1) is 4.92 Å². The first-order chi connectivity index (χ1) is 8.88. The number of hydrogen-bond donors (Lipinski definition) is 1. The van der Waals surface area contributed by atoms with E-state index < -0.39 is 39.8 Å². The van der Waals surface area contributed by atoms with E-state index in [-0.39, 0.29) is 5.88 Å². The molecule has 104 valence electrons. The van der Waals surface area contributed by atoms with Crippen LogP contribution in [0.2, 0.25) is 0 Å². The Balaban J connectivity index is 3.09. The minimum atomic E-state index is -1.49. The SMILES string of the molecule is CC(CCCl)NC(=O)c1c(F)ccc([N+](=O)[O-])c1F. The number of hydrogen-bond acceptors (Lipinski definition) is 3. The fourth-order valence-electron chi connectivity index (χ4n) is 1.42. The lowest BCUT2D eigenvalue weighted by Crippen LogP contribution is -2.34. The van der Waals surface area contributed by atoms with E-state index in [0.717, 1.165) is 0 Å². The predicted molar refractivity (Wildman–Crippen MR) is 65.3 cm³/mol. The van der Waals surface area contributed by atoms with Crippen molar-refractivity contribution in [2.45, 2.75) is 19.4 Å². The number of carbonyl (C=O) groups excluding carboxylic acids is 1. The standard InChI is InChI=1S/C11H11ClF2N2O3/c1-6(4-5-12)15-11(17)9-7(13)2-3-8(10(9)14)16(18)19/h2-3,6H,4-5H2,1H3,(H,15,17). The average Bonchev–Trinajstić information content (AvgIpc) is 2.28. The van der Waals surface area contributed by atoms with Crippen molar-refractivity contribution in [1.29, 1.82) is 0 Å². The van der Waals surface area contributed by atoms with Gasteiger partial charge in [-0.2, -0.15) is 4.39 Å². The van der Waals surface area contributed by atoms with Gasteiger partial charge in [0.25, 0.3) is 5.91 Å². The molecule has 0 aliphatic heterocycles. The van der Waals surface area contributed by atoms with E-state index in [1.807, 2.05) is 0 Å². The maximum Gasteiger partial charge on any atom is 0.305 e. The lowest BCUT2D eigenvalue weighted by Gasteiger charge is -2.13. The van der Waals surface area contributed by atoms with Crippen LogP contribution in [0.4, 0.5) is 14.5 Å². The van der Waals surface area contributed by atoms with Gasteiger partial charge in [-0.1, -0.05) is 0 Å². The Bertz CT molecular complexity index is 511. The van der Waals surface area contributed by atoms with E-state index in [0.29, 0.717) is 18.6 Å². The molecule has 1 N–H and O–H groups in total. The second kappa shape index (κ2) is 6.42. The van der Waals surface area contributed by atoms with Gasteiger partial charge in [0.2, 0.25) is 5.82 Å². The van der Waals surface area contributed by atoms with Gasteiger partial charge in [0.1, 0.15) is 11.4 Å². The maximum absolute atomic E-state index is 13.7. The first-order valence-electron chi connectivity index (χ1n) is 5.37. The average molecular weight is 293 g/mol. The van der Waals surface area contributed by atoms with Crippen molar-refractivity contribution < 1.29 is 18.5 Å². The molecule has 0 aliphatic rings. The molecule has 0 fully saturated rings. The second-order valence-corrected chi connectivity index (χ2v) is 4.24. The van der Waals surface area contributed by atoms with Crippen molar-refractivity contribution in [3.63, 3.8) is 0 Å². The van der Waals surface area contributed by atoms with Crippen molar-refractivity contribution in [1.82, 2.24) is 5.32 Å². The molecule has 0 saturated heterocycles. The number of halogens is 3. The topological polar surface area (TPSA) is 72.2 Å². The van der Waals surface area contributed by atoms with E-state index in [1.54, 1.807) is 6.92 Å². The van der Waals surface area contributed by atoms with Gasteiger partial charge >= 0.3 is 5.69 Å². The number of amides is 1. The Morgan fingerprint density at radius 3 is 2.68 bits per heavy atom. The molecule has 0 spiro atoms. The molecule has 8 heteroatoms. The molecule has 0 aliphatic carbocycles. The van der Waals surface area contributed by atoms with Gasteiger partial charge in [-0.05, 0) is 19.4 Å². The molecule has 1 atom stereocenters. The molecule has 1 aromatic rings. The van der Waals surface area contributed by atoms with Crippen LogP contribution in [0, 0.1) is 21.7 Å². The number of rotatable bonds is 5. The van der Waals surface area contributed by atoms with Crippen LogP contribution in [0.15, 0.2) is 12.1 Å². The third kappa shape index (κ3) is 3.60. The van der Waals surface area contributed by atoms with Crippen LogP contribution < -0.4 is 5.32 Å². The molecular formula is C11H11ClF2N2O3. The molecule has 0 saturated carbocycles. The molecule has 1 rings (SSSR count). The second-order valence-electron chi connectivity index (χ2n) is 3.86. The highest BCUT2D eigenvalue weighted by Gasteiger charge is 2.26. The van der Waals surface area contributed by atoms with Crippen molar-refractivity contribution >= 4 is 23.2 Å². The maximum atomic E-state index is 13.7. The van der Waals surface area contributed by atoms with Crippen LogP contribution in [0.1, 0.15) is 23.7 Å². The fraction of sp³-hybridized carbons (Fsp3) is 0.364. The largest absolute Gasteiger partial charge is 0.349 e. The zero-order chi connectivity index (χ0) is 14.6. The highest BCUT2D eigenvalue weighted by Crippen LogP contribution is 2.23. The van der Waals surface area contributed by atoms with E-state index in [9.17, 15) is 23.7 Å². The van der Waals surface area contributed by atoms with Crippen LogP contribution in [0.3, 0.4) is 0 Å². The number of nitro groups is 1. The monoisotopic (exact) mass is 292 g/mol. The number of nitrogens with zero attached hydrogens (tertiary/aromatic N) is 1. The van der Waals surface area contributed by atoms with Gasteiger partial charge in [0.15, 0.2) is 0 Å². The first-order valence-corrected chi connectivity index (χ1v) is 5.91. The van der Waals surface area contributed by atoms with E-state index >= 15 is 0 Å². The minimum absolute atomic E-state index is 0.265. The van der Waals surface area contributed by atoms with E-state index in [1.165, 1.54) is 0 Å². The predicted octanol–water partition coefficient (Wildman–Crippen LogP) is 2.62. The number of carbonyl (C=O) groups is 1. The molecule has 5 nitrogen and oxygen atoms in total. The number of nitro benzene ring substituents is 1. The van der Waals surface area contributed by atoms with Crippen molar-refractivity contribution in [2.24, 2.45) is 0 Å². The van der Waals surface area contributed by atoms with E-state index in [4.69, 9.17) is 11.6 Å². The van der Waals surface area contributed by atoms with Crippen LogP contribution in [0.5, 0.6) is 0 Å². The van der Waals surface area contributed by atoms with Gasteiger partial charge in [-0.15, -0.1) is 11.6 Å². The minimum Gasteiger partial charge on any atom is -0.349 e. The summed E-state index contributed by atoms with van der Waals surface area (Å²) in [6.45, 7) is 1.60. The molecule has 19 heavy (non-hydrogen) atoms. The zero-order valence-corrected chi connectivity index (χ0v) is 10.7. The summed E-state index contributed by atoms with van der Waals surface area (Å²) in [6, 6.07) is 0.953. The molecule has 1 unspecified atom stereocenters. The lowest BCUT2D eigenvalue weighted by atomic mass is 10.1. The number of alkyl halides is 1. The highest BCUT2D eigenvalue weighted by atomic mass is 35.5. The van der Waals surface area contributed by atoms with E-state index in [2.05, 4.69) is 5.32 Å². The van der Waals surface area contributed by atoms with Crippen LogP contribution in [0.25, 0.3) is 0 Å². The Morgan fingerprint density at radius 2 is 2.16 bits per heavy atom. The fourth-order valence-corrected chi connectivity index (χ4v) is 1.75. The smallest absolute Gasteiger partial charge is 0.305 e. The molecule has 0 bridgehead atoms. The highest BCUT2D eigenvalue weighted by molar-refractivity contribution is 6.17. The summed E-state index contributed by atoms with van der Waals surface area (Å²) in [4.78, 5) is 21.2. The summed E-state index contributed by atoms with van der Waals surface area (Å²) >= 11 is 5.47. The molecule has 0 radical (unpaired) electrons. The zero-order valence-electron chi connectivity index (χ0n) is 9.95. The van der Waals surface area contributed by atoms with Gasteiger partial charge in [-0.3, -0.25) is 14.9 Å². The molecule has 0 heterocycles. The molecule has 0 aromatic heterocycles. The van der Waals surface area contributed by atoms with Crippen molar-refractivity contribution in [2.75, 3.05) is 5.88 Å². The van der Waals surface area contributed by atoms with Crippen LogP contribution in [-0.4, -0.2) is 22.8 Å². The third-order valence-electron chi connectivity index (χ3n) is 2.41. The van der Waals surface area contributed by atoms with Gasteiger partial charge in [0, 0.05) is 18.0 Å². The Kier molecular flexibility index (Phi) is 5.17. The van der Waals surface area contributed by atoms with Crippen LogP contribution >= 0.6 is 11.6 Å². The summed E-state index contributed by atoms with van der Waals surface area (Å²) in [5.41, 5.74) is -1.91. The first kappa shape index (κ1) is 15.3. The molecular weight excluding hydrogens is 282 g/mol. The lowest BCUT2D eigenvalue weighted by molar-refractivity contribution is -0.387. The quantitative estimate of drug-likeness (QED) is 0.515. The summed E-state index contributed by atoms with van der Waals surface area (Å²) in [5.74, 6) is -3.42. The third-order valence-corrected chi connectivity index (χ3v) is 2.63. The van der Waals surface area contributed by atoms with Gasteiger partial charge in [-0.25, -0.2) is 4.39 Å². The van der Waals surface area contributed by atoms with Crippen molar-refractivity contribution in [3.8, 4) is 0 Å². The molecule has 1 aromatic carbocycles. The number of nitrogens with one attached hydrogen (secondary N) is 1. The van der Waals surface area contributed by atoms with Crippen molar-refractivity contribution in [3.05, 3.63) is 39.4 Å². The number of benzene rings is 1. The molecule has 1 amide bonds. The Morgan fingerprint density at radius 1 is 1.53 bits per heavy atom. The summed E-state index contributed by atoms with van der Waals surface area (Å²) < 4.78 is 27.1. The Labute approximate surface area is 112 Å². The Hall–Kier alpha value is -1.76. The van der Waals surface area contributed by atoms with Crippen LogP contribution in [-0.2, 0) is 0 Å². The van der Waals surface area contributed by atoms with Gasteiger partial charge < -0.3 is 5.32 Å². The normalized spacial score (nSPS) is 12.0. The summed E-state index contributed by atoms with van der Waals surface area (Å²) in [5, 5.41) is 12.8. The summed E-state index contributed by atoms with van der Waals surface area (Å²) in [7, 11) is 0. The summed E-state index contributed by atoms with van der Waals surface area (Å²) in [6.07, 6.45) is 0.408.